The number of nitrogens with zero attached hydrogens (tertiary/aromatic N) is 2. The van der Waals surface area contributed by atoms with E-state index in [9.17, 15) is 14.4 Å². The molecule has 2 aromatic rings. The lowest BCUT2D eigenvalue weighted by Gasteiger charge is -2.22. The second kappa shape index (κ2) is 12.0. The molecule has 2 aromatic carbocycles. The summed E-state index contributed by atoms with van der Waals surface area (Å²) in [4.78, 5) is 44.9. The van der Waals surface area contributed by atoms with Crippen LogP contribution in [0.4, 0.5) is 5.69 Å². The topological polar surface area (TPSA) is 90.9 Å². The number of benzene rings is 2. The predicted molar refractivity (Wildman–Crippen MR) is 142 cm³/mol. The van der Waals surface area contributed by atoms with Crippen molar-refractivity contribution in [2.45, 2.75) is 70.5 Å². The van der Waals surface area contributed by atoms with E-state index >= 15 is 0 Å². The number of anilines is 1. The van der Waals surface area contributed by atoms with Gasteiger partial charge in [0.05, 0.1) is 11.4 Å². The molecule has 1 unspecified atom stereocenters. The number of para-hydroxylation sites is 1. The highest BCUT2D eigenvalue weighted by Crippen LogP contribution is 2.28. The fraction of sp³-hybridized carbons (Fsp3) is 0.448. The SMILES string of the molecule is C[C@H](NC(=O)CCCC1CCCCC1)C(=O)NC1N=C(c2ccccc2)c2ccccc2N(C)C1=O. The van der Waals surface area contributed by atoms with E-state index < -0.39 is 18.1 Å². The quantitative estimate of drug-likeness (QED) is 0.584. The summed E-state index contributed by atoms with van der Waals surface area (Å²) in [5.41, 5.74) is 3.03. The zero-order chi connectivity index (χ0) is 25.5. The zero-order valence-electron chi connectivity index (χ0n) is 21.2. The molecule has 0 saturated heterocycles. The van der Waals surface area contributed by atoms with Crippen LogP contribution in [0.5, 0.6) is 0 Å². The highest BCUT2D eigenvalue weighted by molar-refractivity contribution is 6.20. The number of amides is 3. The maximum absolute atomic E-state index is 13.3. The van der Waals surface area contributed by atoms with Gasteiger partial charge in [0.2, 0.25) is 18.0 Å². The number of hydrogen-bond donors (Lipinski definition) is 2. The van der Waals surface area contributed by atoms with Gasteiger partial charge in [-0.1, -0.05) is 80.6 Å². The number of fused-ring (bicyclic) bond motifs is 1. The van der Waals surface area contributed by atoms with Gasteiger partial charge in [-0.3, -0.25) is 14.4 Å². The van der Waals surface area contributed by atoms with Gasteiger partial charge in [0.15, 0.2) is 0 Å². The molecule has 1 aliphatic heterocycles. The van der Waals surface area contributed by atoms with Crippen LogP contribution in [-0.2, 0) is 14.4 Å². The summed E-state index contributed by atoms with van der Waals surface area (Å²) in [5, 5.41) is 5.54. The van der Waals surface area contributed by atoms with Crippen molar-refractivity contribution in [1.29, 1.82) is 0 Å². The third kappa shape index (κ3) is 6.20. The average molecular weight is 489 g/mol. The van der Waals surface area contributed by atoms with E-state index in [1.165, 1.54) is 37.0 Å². The fourth-order valence-electron chi connectivity index (χ4n) is 5.11. The molecular formula is C29H36N4O3. The van der Waals surface area contributed by atoms with Crippen molar-refractivity contribution in [3.63, 3.8) is 0 Å². The molecule has 1 aliphatic carbocycles. The van der Waals surface area contributed by atoms with Gasteiger partial charge in [0.25, 0.3) is 5.91 Å². The second-order valence-electron chi connectivity index (χ2n) is 9.85. The number of carbonyl (C=O) groups excluding carboxylic acids is 3. The summed E-state index contributed by atoms with van der Waals surface area (Å²) in [6.07, 6.45) is 7.64. The van der Waals surface area contributed by atoms with Crippen molar-refractivity contribution in [1.82, 2.24) is 10.6 Å². The normalized spacial score (nSPS) is 19.1. The smallest absolute Gasteiger partial charge is 0.272 e. The molecule has 4 rings (SSSR count). The van der Waals surface area contributed by atoms with Crippen molar-refractivity contribution in [3.05, 3.63) is 65.7 Å². The van der Waals surface area contributed by atoms with Crippen LogP contribution in [0.15, 0.2) is 59.6 Å². The van der Waals surface area contributed by atoms with Gasteiger partial charge in [0, 0.05) is 24.6 Å². The molecule has 0 bridgehead atoms. The van der Waals surface area contributed by atoms with E-state index in [-0.39, 0.29) is 11.8 Å². The minimum atomic E-state index is -1.10. The molecule has 36 heavy (non-hydrogen) atoms. The minimum absolute atomic E-state index is 0.140. The van der Waals surface area contributed by atoms with Gasteiger partial charge >= 0.3 is 0 Å². The van der Waals surface area contributed by atoms with Crippen molar-refractivity contribution < 1.29 is 14.4 Å². The van der Waals surface area contributed by atoms with E-state index in [0.717, 1.165) is 35.6 Å². The Morgan fingerprint density at radius 1 is 1.03 bits per heavy atom. The van der Waals surface area contributed by atoms with E-state index in [2.05, 4.69) is 10.6 Å². The molecule has 1 saturated carbocycles. The first-order valence-corrected chi connectivity index (χ1v) is 13.0. The Labute approximate surface area is 213 Å². The lowest BCUT2D eigenvalue weighted by Crippen LogP contribution is -2.52. The lowest BCUT2D eigenvalue weighted by molar-refractivity contribution is -0.130. The Kier molecular flexibility index (Phi) is 8.52. The van der Waals surface area contributed by atoms with Crippen molar-refractivity contribution >= 4 is 29.1 Å². The molecule has 7 heteroatoms. The summed E-state index contributed by atoms with van der Waals surface area (Å²) < 4.78 is 0. The molecule has 0 spiro atoms. The Morgan fingerprint density at radius 3 is 2.47 bits per heavy atom. The highest BCUT2D eigenvalue weighted by Gasteiger charge is 2.32. The fourth-order valence-corrected chi connectivity index (χ4v) is 5.11. The van der Waals surface area contributed by atoms with Crippen LogP contribution >= 0.6 is 0 Å². The van der Waals surface area contributed by atoms with Crippen molar-refractivity contribution in [3.8, 4) is 0 Å². The molecule has 1 heterocycles. The number of aliphatic imine (C=N–C) groups is 1. The van der Waals surface area contributed by atoms with E-state index in [0.29, 0.717) is 12.1 Å². The van der Waals surface area contributed by atoms with Crippen LogP contribution in [0.3, 0.4) is 0 Å². The number of hydrogen-bond acceptors (Lipinski definition) is 4. The minimum Gasteiger partial charge on any atom is -0.345 e. The summed E-state index contributed by atoms with van der Waals surface area (Å²) in [7, 11) is 1.68. The molecule has 0 radical (unpaired) electrons. The van der Waals surface area contributed by atoms with Crippen LogP contribution in [0, 0.1) is 5.92 Å². The Morgan fingerprint density at radius 2 is 1.72 bits per heavy atom. The first-order valence-electron chi connectivity index (χ1n) is 13.0. The monoisotopic (exact) mass is 488 g/mol. The number of rotatable bonds is 8. The van der Waals surface area contributed by atoms with Crippen LogP contribution in [0.25, 0.3) is 0 Å². The third-order valence-corrected chi connectivity index (χ3v) is 7.18. The van der Waals surface area contributed by atoms with E-state index in [1.54, 1.807) is 14.0 Å². The number of nitrogens with one attached hydrogen (secondary N) is 2. The number of carbonyl (C=O) groups is 3. The van der Waals surface area contributed by atoms with Crippen LogP contribution in [-0.4, -0.2) is 42.7 Å². The van der Waals surface area contributed by atoms with Crippen LogP contribution in [0.2, 0.25) is 0 Å². The lowest BCUT2D eigenvalue weighted by atomic mass is 9.86. The van der Waals surface area contributed by atoms with Gasteiger partial charge < -0.3 is 15.5 Å². The second-order valence-corrected chi connectivity index (χ2v) is 9.85. The molecule has 0 aromatic heterocycles. The largest absolute Gasteiger partial charge is 0.345 e. The Balaban J connectivity index is 1.42. The Bertz CT molecular complexity index is 1110. The average Bonchev–Trinajstić information content (AvgIpc) is 3.00. The molecule has 2 atom stereocenters. The first kappa shape index (κ1) is 25.6. The van der Waals surface area contributed by atoms with Crippen molar-refractivity contribution in [2.75, 3.05) is 11.9 Å². The molecule has 3 amide bonds. The van der Waals surface area contributed by atoms with Crippen LogP contribution < -0.4 is 15.5 Å². The van der Waals surface area contributed by atoms with Gasteiger partial charge in [0.1, 0.15) is 6.04 Å². The molecule has 2 aliphatic rings. The highest BCUT2D eigenvalue weighted by atomic mass is 16.2. The first-order chi connectivity index (χ1) is 17.4. The Hall–Kier alpha value is -3.48. The van der Waals surface area contributed by atoms with Crippen molar-refractivity contribution in [2.24, 2.45) is 10.9 Å². The predicted octanol–water partition coefficient (Wildman–Crippen LogP) is 4.20. The van der Waals surface area contributed by atoms with Gasteiger partial charge in [-0.25, -0.2) is 4.99 Å². The summed E-state index contributed by atoms with van der Waals surface area (Å²) in [5.74, 6) is -0.192. The summed E-state index contributed by atoms with van der Waals surface area (Å²) in [6, 6.07) is 16.4. The molecule has 2 N–H and O–H groups in total. The standard InChI is InChI=1S/C29H36N4O3/c1-20(30-25(34)19-11-14-21-12-5-3-6-13-21)28(35)32-27-29(36)33(2)24-18-10-9-17-23(24)26(31-27)22-15-7-4-8-16-22/h4,7-10,15-18,20-21,27H,3,5-6,11-14,19H2,1-2H3,(H,30,34)(H,32,35)/t20-,27?/m0/s1. The van der Waals surface area contributed by atoms with Gasteiger partial charge in [-0.2, -0.15) is 0 Å². The van der Waals surface area contributed by atoms with E-state index in [4.69, 9.17) is 4.99 Å². The molecule has 190 valence electrons. The van der Waals surface area contributed by atoms with Crippen LogP contribution in [0.1, 0.15) is 69.4 Å². The van der Waals surface area contributed by atoms with Gasteiger partial charge in [-0.05, 0) is 31.7 Å². The summed E-state index contributed by atoms with van der Waals surface area (Å²) >= 11 is 0. The number of benzodiazepines with no additional fused rings is 1. The molecule has 1 fully saturated rings. The maximum Gasteiger partial charge on any atom is 0.272 e. The zero-order valence-corrected chi connectivity index (χ0v) is 21.2. The maximum atomic E-state index is 13.3. The third-order valence-electron chi connectivity index (χ3n) is 7.18. The van der Waals surface area contributed by atoms with E-state index in [1.807, 2.05) is 54.6 Å². The molecule has 7 nitrogen and oxygen atoms in total. The van der Waals surface area contributed by atoms with Gasteiger partial charge in [-0.15, -0.1) is 0 Å². The number of likely N-dealkylation sites (N-methyl/N-ethyl adjacent to an activating group) is 1. The molecular weight excluding hydrogens is 452 g/mol. The summed E-state index contributed by atoms with van der Waals surface area (Å²) in [6.45, 7) is 1.63.